The molecule has 0 fully saturated rings. The Hall–Kier alpha value is -4.00. The first kappa shape index (κ1) is 16.5. The van der Waals surface area contributed by atoms with Crippen LogP contribution in [0.15, 0.2) is 78.9 Å². The molecule has 4 rings (SSSR count). The molecule has 1 heterocycles. The zero-order valence-corrected chi connectivity index (χ0v) is 14.3. The van der Waals surface area contributed by atoms with Crippen molar-refractivity contribution in [1.82, 2.24) is 20.6 Å². The van der Waals surface area contributed by atoms with Gasteiger partial charge in [-0.2, -0.15) is 5.21 Å². The maximum absolute atomic E-state index is 12.5. The molecule has 7 heteroatoms. The van der Waals surface area contributed by atoms with E-state index in [4.69, 9.17) is 0 Å². The van der Waals surface area contributed by atoms with E-state index in [-0.39, 0.29) is 6.03 Å². The molecule has 0 atom stereocenters. The Morgan fingerprint density at radius 2 is 1.59 bits per heavy atom. The summed E-state index contributed by atoms with van der Waals surface area (Å²) in [7, 11) is 0. The largest absolute Gasteiger partial charge is 0.323 e. The van der Waals surface area contributed by atoms with Crippen LogP contribution in [0.4, 0.5) is 16.2 Å². The van der Waals surface area contributed by atoms with Gasteiger partial charge in [0.05, 0.1) is 5.69 Å². The zero-order valence-electron chi connectivity index (χ0n) is 14.3. The van der Waals surface area contributed by atoms with E-state index in [1.165, 1.54) is 0 Å². The number of rotatable bonds is 4. The highest BCUT2D eigenvalue weighted by Crippen LogP contribution is 2.25. The summed E-state index contributed by atoms with van der Waals surface area (Å²) in [6.07, 6.45) is 0. The Morgan fingerprint density at radius 3 is 2.41 bits per heavy atom. The number of H-pyrrole nitrogens is 1. The number of aromatic amines is 1. The molecule has 0 aliphatic rings. The van der Waals surface area contributed by atoms with Crippen LogP contribution in [0.3, 0.4) is 0 Å². The second kappa shape index (κ2) is 7.49. The van der Waals surface area contributed by atoms with Crippen LogP contribution in [-0.4, -0.2) is 26.7 Å². The number of hydrogen-bond donors (Lipinski definition) is 3. The van der Waals surface area contributed by atoms with Crippen molar-refractivity contribution < 1.29 is 4.79 Å². The van der Waals surface area contributed by atoms with E-state index in [0.717, 1.165) is 11.1 Å². The minimum atomic E-state index is -0.351. The molecule has 27 heavy (non-hydrogen) atoms. The Kier molecular flexibility index (Phi) is 4.57. The number of benzene rings is 3. The highest BCUT2D eigenvalue weighted by Gasteiger charge is 2.11. The molecule has 7 nitrogen and oxygen atoms in total. The Balaban J connectivity index is 1.51. The minimum absolute atomic E-state index is 0.351. The van der Waals surface area contributed by atoms with Crippen LogP contribution < -0.4 is 10.6 Å². The van der Waals surface area contributed by atoms with Crippen LogP contribution in [-0.2, 0) is 0 Å². The van der Waals surface area contributed by atoms with Gasteiger partial charge in [0.25, 0.3) is 0 Å². The van der Waals surface area contributed by atoms with Crippen LogP contribution in [0.2, 0.25) is 0 Å². The van der Waals surface area contributed by atoms with Gasteiger partial charge in [-0.05, 0) is 40.6 Å². The van der Waals surface area contributed by atoms with Gasteiger partial charge in [-0.1, -0.05) is 54.6 Å². The third-order valence-electron chi connectivity index (χ3n) is 3.99. The molecule has 4 aromatic rings. The number of nitrogens with zero attached hydrogens (tertiary/aromatic N) is 3. The topological polar surface area (TPSA) is 95.6 Å². The monoisotopic (exact) mass is 356 g/mol. The minimum Gasteiger partial charge on any atom is -0.308 e. The van der Waals surface area contributed by atoms with E-state index in [1.54, 1.807) is 6.07 Å². The van der Waals surface area contributed by atoms with Gasteiger partial charge in [0, 0.05) is 11.3 Å². The zero-order chi connectivity index (χ0) is 18.5. The Labute approximate surface area is 155 Å². The first-order chi connectivity index (χ1) is 13.3. The number of urea groups is 1. The normalized spacial score (nSPS) is 10.4. The van der Waals surface area contributed by atoms with E-state index in [1.807, 2.05) is 72.8 Å². The highest BCUT2D eigenvalue weighted by atomic mass is 16.2. The number of para-hydroxylation sites is 1. The second-order valence-corrected chi connectivity index (χ2v) is 5.81. The fourth-order valence-electron chi connectivity index (χ4n) is 2.75. The second-order valence-electron chi connectivity index (χ2n) is 5.81. The van der Waals surface area contributed by atoms with Crippen LogP contribution in [0, 0.1) is 0 Å². The first-order valence-corrected chi connectivity index (χ1v) is 8.36. The molecule has 0 aliphatic heterocycles. The maximum Gasteiger partial charge on any atom is 0.323 e. The van der Waals surface area contributed by atoms with Gasteiger partial charge < -0.3 is 10.6 Å². The van der Waals surface area contributed by atoms with Crippen molar-refractivity contribution in [1.29, 1.82) is 0 Å². The van der Waals surface area contributed by atoms with E-state index in [2.05, 4.69) is 31.3 Å². The van der Waals surface area contributed by atoms with E-state index in [0.29, 0.717) is 22.8 Å². The number of nitrogens with one attached hydrogen (secondary N) is 3. The summed E-state index contributed by atoms with van der Waals surface area (Å²) < 4.78 is 0. The van der Waals surface area contributed by atoms with Gasteiger partial charge in [-0.25, -0.2) is 4.79 Å². The fourth-order valence-corrected chi connectivity index (χ4v) is 2.75. The third kappa shape index (κ3) is 3.82. The SMILES string of the molecule is O=C(Nc1cccc(-c2ccccc2)c1)Nc1ccccc1-c1nn[nH]n1. The lowest BCUT2D eigenvalue weighted by molar-refractivity contribution is 0.262. The van der Waals surface area contributed by atoms with Gasteiger partial charge in [-0.15, -0.1) is 10.2 Å². The van der Waals surface area contributed by atoms with Crippen molar-refractivity contribution >= 4 is 17.4 Å². The number of anilines is 2. The number of aromatic nitrogens is 4. The smallest absolute Gasteiger partial charge is 0.308 e. The molecule has 0 bridgehead atoms. The summed E-state index contributed by atoms with van der Waals surface area (Å²) in [5.74, 6) is 0.414. The van der Waals surface area contributed by atoms with E-state index in [9.17, 15) is 4.79 Å². The maximum atomic E-state index is 12.5. The molecule has 0 aliphatic carbocycles. The summed E-state index contributed by atoms with van der Waals surface area (Å²) in [6.45, 7) is 0. The molecule has 2 amide bonds. The lowest BCUT2D eigenvalue weighted by Crippen LogP contribution is -2.19. The lowest BCUT2D eigenvalue weighted by atomic mass is 10.1. The number of tetrazole rings is 1. The number of carbonyl (C=O) groups is 1. The number of hydrogen-bond acceptors (Lipinski definition) is 4. The number of amides is 2. The van der Waals surface area contributed by atoms with Crippen molar-refractivity contribution in [3.63, 3.8) is 0 Å². The van der Waals surface area contributed by atoms with Crippen molar-refractivity contribution in [2.75, 3.05) is 10.6 Å². The average Bonchev–Trinajstić information content (AvgIpc) is 3.24. The Bertz CT molecular complexity index is 1050. The van der Waals surface area contributed by atoms with E-state index >= 15 is 0 Å². The standard InChI is InChI=1S/C20H16N6O/c27-20(22-18-12-5-4-11-17(18)19-23-25-26-24-19)21-16-10-6-9-15(13-16)14-7-2-1-3-8-14/h1-13H,(H2,21,22,27)(H,23,24,25,26). The molecule has 0 spiro atoms. The van der Waals surface area contributed by atoms with Crippen LogP contribution in [0.1, 0.15) is 0 Å². The summed E-state index contributed by atoms with van der Waals surface area (Å²) in [5, 5.41) is 19.6. The van der Waals surface area contributed by atoms with Gasteiger partial charge in [0.15, 0.2) is 0 Å². The molecule has 3 aromatic carbocycles. The van der Waals surface area contributed by atoms with Gasteiger partial charge in [0.2, 0.25) is 5.82 Å². The van der Waals surface area contributed by atoms with Crippen molar-refractivity contribution in [3.05, 3.63) is 78.9 Å². The van der Waals surface area contributed by atoms with Crippen LogP contribution >= 0.6 is 0 Å². The molecule has 1 aromatic heterocycles. The fraction of sp³-hybridized carbons (Fsp3) is 0. The van der Waals surface area contributed by atoms with Crippen molar-refractivity contribution in [2.45, 2.75) is 0 Å². The third-order valence-corrected chi connectivity index (χ3v) is 3.99. The average molecular weight is 356 g/mol. The lowest BCUT2D eigenvalue weighted by Gasteiger charge is -2.11. The van der Waals surface area contributed by atoms with Gasteiger partial charge in [0.1, 0.15) is 0 Å². The molecule has 3 N–H and O–H groups in total. The number of carbonyl (C=O) groups excluding carboxylic acids is 1. The van der Waals surface area contributed by atoms with Crippen LogP contribution in [0.25, 0.3) is 22.5 Å². The van der Waals surface area contributed by atoms with E-state index < -0.39 is 0 Å². The summed E-state index contributed by atoms with van der Waals surface area (Å²) >= 11 is 0. The summed E-state index contributed by atoms with van der Waals surface area (Å²) in [5.41, 5.74) is 4.09. The molecule has 0 saturated heterocycles. The van der Waals surface area contributed by atoms with Gasteiger partial charge in [-0.3, -0.25) is 0 Å². The molecule has 0 saturated carbocycles. The molecular formula is C20H16N6O. The van der Waals surface area contributed by atoms with Crippen molar-refractivity contribution in [3.8, 4) is 22.5 Å². The predicted molar refractivity (Wildman–Crippen MR) is 104 cm³/mol. The van der Waals surface area contributed by atoms with Gasteiger partial charge >= 0.3 is 6.03 Å². The molecule has 0 radical (unpaired) electrons. The van der Waals surface area contributed by atoms with Crippen molar-refractivity contribution in [2.24, 2.45) is 0 Å². The molecule has 0 unspecified atom stereocenters. The molecular weight excluding hydrogens is 340 g/mol. The predicted octanol–water partition coefficient (Wildman–Crippen LogP) is 4.18. The molecule has 132 valence electrons. The highest BCUT2D eigenvalue weighted by molar-refractivity contribution is 6.02. The summed E-state index contributed by atoms with van der Waals surface area (Å²) in [6, 6.07) is 24.6. The Morgan fingerprint density at radius 1 is 0.815 bits per heavy atom. The van der Waals surface area contributed by atoms with Crippen LogP contribution in [0.5, 0.6) is 0 Å². The quantitative estimate of drug-likeness (QED) is 0.511. The first-order valence-electron chi connectivity index (χ1n) is 8.36. The summed E-state index contributed by atoms with van der Waals surface area (Å²) in [4.78, 5) is 12.5.